The molecule has 0 aromatic heterocycles. The highest BCUT2D eigenvalue weighted by Gasteiger charge is 2.53. The van der Waals surface area contributed by atoms with Gasteiger partial charge in [-0.3, -0.25) is 4.79 Å². The lowest BCUT2D eigenvalue weighted by molar-refractivity contribution is -0.271. The molecule has 96 valence electrons. The fraction of sp³-hybridized carbons (Fsp3) is 0.889. The van der Waals surface area contributed by atoms with Crippen LogP contribution in [0.2, 0.25) is 0 Å². The van der Waals surface area contributed by atoms with E-state index in [4.69, 9.17) is 10.2 Å². The summed E-state index contributed by atoms with van der Waals surface area (Å²) in [6, 6.07) is 0. The smallest absolute Gasteiger partial charge is 0.256 e. The second kappa shape index (κ2) is 5.17. The van der Waals surface area contributed by atoms with Gasteiger partial charge in [-0.25, -0.2) is 0 Å². The molecule has 0 fully saturated rings. The molecule has 0 rings (SSSR count). The zero-order chi connectivity index (χ0) is 13.1. The van der Waals surface area contributed by atoms with E-state index in [1.54, 1.807) is 0 Å². The van der Waals surface area contributed by atoms with Gasteiger partial charge in [0.05, 0.1) is 0 Å². The summed E-state index contributed by atoms with van der Waals surface area (Å²) in [7, 11) is 0. The maximum Gasteiger partial charge on any atom is 0.256 e. The van der Waals surface area contributed by atoms with Crippen molar-refractivity contribution in [3.8, 4) is 0 Å². The molecule has 0 radical (unpaired) electrons. The van der Waals surface area contributed by atoms with E-state index in [-0.39, 0.29) is 12.8 Å². The van der Waals surface area contributed by atoms with Crippen LogP contribution in [0.3, 0.4) is 0 Å². The van der Waals surface area contributed by atoms with Crippen molar-refractivity contribution in [2.24, 2.45) is 0 Å². The van der Waals surface area contributed by atoms with Crippen LogP contribution in [0, 0.1) is 0 Å². The van der Waals surface area contributed by atoms with Crippen LogP contribution in [-0.4, -0.2) is 60.2 Å². The van der Waals surface area contributed by atoms with Gasteiger partial charge < -0.3 is 30.6 Å². The van der Waals surface area contributed by atoms with Crippen molar-refractivity contribution in [2.75, 3.05) is 0 Å². The van der Waals surface area contributed by atoms with Crippen molar-refractivity contribution in [1.29, 1.82) is 0 Å². The lowest BCUT2D eigenvalue weighted by Gasteiger charge is -2.33. The average molecular weight is 238 g/mol. The Labute approximate surface area is 92.6 Å². The quantitative estimate of drug-likeness (QED) is 0.280. The molecular formula is C9H18O7. The van der Waals surface area contributed by atoms with E-state index in [1.165, 1.54) is 13.8 Å². The Morgan fingerprint density at radius 2 is 1.19 bits per heavy atom. The summed E-state index contributed by atoms with van der Waals surface area (Å²) in [6.07, 6.45) is -4.11. The maximum atomic E-state index is 11.4. The maximum absolute atomic E-state index is 11.4. The van der Waals surface area contributed by atoms with Gasteiger partial charge in [-0.15, -0.1) is 0 Å². The predicted molar refractivity (Wildman–Crippen MR) is 51.9 cm³/mol. The van der Waals surface area contributed by atoms with E-state index >= 15 is 0 Å². The van der Waals surface area contributed by atoms with E-state index in [1.807, 2.05) is 0 Å². The van der Waals surface area contributed by atoms with E-state index < -0.39 is 29.6 Å². The summed E-state index contributed by atoms with van der Waals surface area (Å²) in [5.74, 6) is -8.48. The number of hydrogen-bond acceptors (Lipinski definition) is 7. The Morgan fingerprint density at radius 1 is 0.938 bits per heavy atom. The molecule has 0 heterocycles. The van der Waals surface area contributed by atoms with Gasteiger partial charge in [-0.2, -0.15) is 0 Å². The van der Waals surface area contributed by atoms with Crippen LogP contribution < -0.4 is 0 Å². The summed E-state index contributed by atoms with van der Waals surface area (Å²) >= 11 is 0. The van der Waals surface area contributed by atoms with Gasteiger partial charge in [-0.05, 0) is 12.8 Å². The average Bonchev–Trinajstić information content (AvgIpc) is 2.25. The molecule has 0 bridgehead atoms. The second-order valence-electron chi connectivity index (χ2n) is 3.63. The first-order valence-corrected chi connectivity index (χ1v) is 4.92. The van der Waals surface area contributed by atoms with Crippen LogP contribution in [0.15, 0.2) is 0 Å². The van der Waals surface area contributed by atoms with Crippen LogP contribution in [0.5, 0.6) is 0 Å². The molecule has 0 aromatic rings. The van der Waals surface area contributed by atoms with Crippen LogP contribution in [0.25, 0.3) is 0 Å². The summed E-state index contributed by atoms with van der Waals surface area (Å²) in [5.41, 5.74) is 0. The van der Waals surface area contributed by atoms with Gasteiger partial charge in [0.25, 0.3) is 17.4 Å². The first kappa shape index (κ1) is 15.4. The minimum absolute atomic E-state index is 0.183. The highest BCUT2D eigenvalue weighted by Crippen LogP contribution is 2.21. The molecule has 16 heavy (non-hydrogen) atoms. The monoisotopic (exact) mass is 238 g/mol. The number of carbonyl (C=O) groups excluding carboxylic acids is 1. The van der Waals surface area contributed by atoms with Crippen molar-refractivity contribution in [3.63, 3.8) is 0 Å². The molecule has 7 heteroatoms. The van der Waals surface area contributed by atoms with Crippen LogP contribution in [-0.2, 0) is 4.79 Å². The number of ketones is 1. The predicted octanol–water partition coefficient (Wildman–Crippen LogP) is -2.54. The van der Waals surface area contributed by atoms with Gasteiger partial charge in [0.2, 0.25) is 0 Å². The fourth-order valence-corrected chi connectivity index (χ4v) is 1.14. The molecule has 0 aromatic carbocycles. The molecule has 2 atom stereocenters. The minimum atomic E-state index is -3.31. The number of hydrogen-bond donors (Lipinski definition) is 6. The van der Waals surface area contributed by atoms with Crippen molar-refractivity contribution in [2.45, 2.75) is 50.5 Å². The van der Waals surface area contributed by atoms with Gasteiger partial charge in [0.15, 0.2) is 0 Å². The molecule has 0 saturated carbocycles. The summed E-state index contributed by atoms with van der Waals surface area (Å²) in [4.78, 5) is 11.4. The van der Waals surface area contributed by atoms with Gasteiger partial charge in [0.1, 0.15) is 12.2 Å². The lowest BCUT2D eigenvalue weighted by atomic mass is 9.92. The third kappa shape index (κ3) is 2.76. The minimum Gasteiger partial charge on any atom is -0.387 e. The Bertz CT molecular complexity index is 224. The third-order valence-electron chi connectivity index (χ3n) is 2.37. The zero-order valence-corrected chi connectivity index (χ0v) is 9.16. The molecule has 7 nitrogen and oxygen atoms in total. The summed E-state index contributed by atoms with van der Waals surface area (Å²) < 4.78 is 0. The standard InChI is InChI=1S/C9H18O7/c1-3-5(10)8(13,14)7(12)9(15,16)6(11)4-2/h5-6,10-11,13-16H,3-4H2,1-2H3. The third-order valence-corrected chi connectivity index (χ3v) is 2.37. The van der Waals surface area contributed by atoms with E-state index in [0.717, 1.165) is 0 Å². The number of rotatable bonds is 6. The highest BCUT2D eigenvalue weighted by molar-refractivity contribution is 5.92. The van der Waals surface area contributed by atoms with Crippen molar-refractivity contribution in [1.82, 2.24) is 0 Å². The second-order valence-corrected chi connectivity index (χ2v) is 3.63. The van der Waals surface area contributed by atoms with E-state index in [2.05, 4.69) is 0 Å². The lowest BCUT2D eigenvalue weighted by Crippen LogP contribution is -2.62. The highest BCUT2D eigenvalue weighted by atomic mass is 16.6. The molecule has 6 N–H and O–H groups in total. The van der Waals surface area contributed by atoms with Crippen LogP contribution >= 0.6 is 0 Å². The zero-order valence-electron chi connectivity index (χ0n) is 9.16. The van der Waals surface area contributed by atoms with Gasteiger partial charge in [0, 0.05) is 0 Å². The van der Waals surface area contributed by atoms with Gasteiger partial charge in [-0.1, -0.05) is 13.8 Å². The van der Waals surface area contributed by atoms with Crippen molar-refractivity contribution in [3.05, 3.63) is 0 Å². The molecule has 2 unspecified atom stereocenters. The molecule has 0 saturated heterocycles. The van der Waals surface area contributed by atoms with Crippen LogP contribution in [0.1, 0.15) is 26.7 Å². The van der Waals surface area contributed by atoms with Crippen molar-refractivity contribution < 1.29 is 35.4 Å². The normalized spacial score (nSPS) is 17.0. The summed E-state index contributed by atoms with van der Waals surface area (Å²) in [5, 5.41) is 55.3. The first-order valence-electron chi connectivity index (χ1n) is 4.92. The van der Waals surface area contributed by atoms with E-state index in [0.29, 0.717) is 0 Å². The Hall–Kier alpha value is -0.570. The Morgan fingerprint density at radius 3 is 1.38 bits per heavy atom. The molecule has 0 spiro atoms. The Balaban J connectivity index is 5.05. The molecule has 0 aliphatic heterocycles. The Kier molecular flexibility index (Phi) is 4.99. The van der Waals surface area contributed by atoms with E-state index in [9.17, 15) is 25.2 Å². The number of aliphatic hydroxyl groups excluding tert-OH is 2. The SMILES string of the molecule is CCC(O)C(O)(O)C(=O)C(O)(O)C(O)CC. The first-order chi connectivity index (χ1) is 7.12. The molecule has 0 aliphatic rings. The number of Topliss-reactive ketones (excluding diaryl/α,β-unsaturated/α-hetero) is 1. The molecule has 0 amide bonds. The van der Waals surface area contributed by atoms with Crippen LogP contribution in [0.4, 0.5) is 0 Å². The number of carbonyl (C=O) groups is 1. The largest absolute Gasteiger partial charge is 0.387 e. The van der Waals surface area contributed by atoms with Crippen molar-refractivity contribution >= 4 is 5.78 Å². The number of aliphatic hydroxyl groups is 6. The fourth-order valence-electron chi connectivity index (χ4n) is 1.14. The summed E-state index contributed by atoms with van der Waals surface area (Å²) in [6.45, 7) is 2.73. The molecule has 0 aliphatic carbocycles. The topological polar surface area (TPSA) is 138 Å². The van der Waals surface area contributed by atoms with Gasteiger partial charge >= 0.3 is 0 Å². The molecular weight excluding hydrogens is 220 g/mol.